The van der Waals surface area contributed by atoms with Crippen LogP contribution in [0.25, 0.3) is 11.0 Å². The smallest absolute Gasteiger partial charge is 0.259 e. The summed E-state index contributed by atoms with van der Waals surface area (Å²) in [6.45, 7) is 5.58. The van der Waals surface area contributed by atoms with Crippen LogP contribution in [0.15, 0.2) is 54.6 Å². The molecule has 0 N–H and O–H groups in total. The quantitative estimate of drug-likeness (QED) is 0.459. The summed E-state index contributed by atoms with van der Waals surface area (Å²) in [5.74, 6) is 0.687. The fourth-order valence-electron chi connectivity index (χ4n) is 3.73. The Labute approximate surface area is 180 Å². The van der Waals surface area contributed by atoms with Crippen molar-refractivity contribution in [2.24, 2.45) is 0 Å². The zero-order valence-corrected chi connectivity index (χ0v) is 18.1. The molecule has 0 saturated carbocycles. The van der Waals surface area contributed by atoms with Crippen LogP contribution >= 0.6 is 11.6 Å². The molecule has 1 amide bonds. The third-order valence-electron chi connectivity index (χ3n) is 5.23. The number of benzene rings is 2. The number of nitrogens with zero attached hydrogens (tertiary/aromatic N) is 5. The van der Waals surface area contributed by atoms with E-state index in [9.17, 15) is 4.79 Å². The highest BCUT2D eigenvalue weighted by molar-refractivity contribution is 6.33. The van der Waals surface area contributed by atoms with Crippen LogP contribution < -0.4 is 0 Å². The molecular weight excluding hydrogens is 398 g/mol. The van der Waals surface area contributed by atoms with Crippen molar-refractivity contribution < 1.29 is 4.79 Å². The molecule has 4 rings (SSSR count). The minimum atomic E-state index is -0.161. The van der Waals surface area contributed by atoms with Gasteiger partial charge in [-0.05, 0) is 31.5 Å². The maximum atomic E-state index is 13.2. The third-order valence-corrected chi connectivity index (χ3v) is 5.61. The van der Waals surface area contributed by atoms with Crippen molar-refractivity contribution in [3.63, 3.8) is 0 Å². The molecule has 6 nitrogen and oxygen atoms in total. The Balaban J connectivity index is 1.59. The van der Waals surface area contributed by atoms with Crippen molar-refractivity contribution >= 4 is 28.5 Å². The highest BCUT2D eigenvalue weighted by Crippen LogP contribution is 2.24. The van der Waals surface area contributed by atoms with Gasteiger partial charge < -0.3 is 9.47 Å². The first-order valence-corrected chi connectivity index (χ1v) is 10.3. The summed E-state index contributed by atoms with van der Waals surface area (Å²) in [4.78, 5) is 19.6. The van der Waals surface area contributed by atoms with Crippen molar-refractivity contribution in [2.75, 3.05) is 7.05 Å². The number of amides is 1. The predicted octanol–water partition coefficient (Wildman–Crippen LogP) is 4.54. The van der Waals surface area contributed by atoms with Crippen molar-refractivity contribution in [3.05, 3.63) is 82.4 Å². The van der Waals surface area contributed by atoms with Gasteiger partial charge in [0, 0.05) is 13.6 Å². The second-order valence-electron chi connectivity index (χ2n) is 7.32. The van der Waals surface area contributed by atoms with Crippen molar-refractivity contribution in [1.29, 1.82) is 0 Å². The van der Waals surface area contributed by atoms with Gasteiger partial charge in [-0.2, -0.15) is 5.10 Å². The monoisotopic (exact) mass is 421 g/mol. The average Bonchev–Trinajstić information content (AvgIpc) is 3.24. The van der Waals surface area contributed by atoms with Crippen LogP contribution in [0.5, 0.6) is 0 Å². The van der Waals surface area contributed by atoms with Crippen LogP contribution in [0.3, 0.4) is 0 Å². The van der Waals surface area contributed by atoms with E-state index in [2.05, 4.69) is 16.6 Å². The lowest BCUT2D eigenvalue weighted by Gasteiger charge is -2.17. The Hall–Kier alpha value is -3.12. The zero-order chi connectivity index (χ0) is 21.3. The molecular formula is C23H24ClN5O. The number of para-hydroxylation sites is 2. The standard InChI is InChI=1S/C23H24ClN5O/c1-4-28-19-13-9-8-12-18(19)25-20(28)15-27(3)23(30)21-16(2)26-29(22(21)24)14-17-10-6-5-7-11-17/h5-13H,4,14-15H2,1-3H3. The van der Waals surface area contributed by atoms with Crippen LogP contribution in [0.4, 0.5) is 0 Å². The van der Waals surface area contributed by atoms with E-state index in [0.29, 0.717) is 29.5 Å². The maximum Gasteiger partial charge on any atom is 0.259 e. The Morgan fingerprint density at radius 1 is 1.10 bits per heavy atom. The molecule has 2 aromatic heterocycles. The van der Waals surface area contributed by atoms with Crippen molar-refractivity contribution in [2.45, 2.75) is 33.5 Å². The number of carbonyl (C=O) groups excluding carboxylic acids is 1. The van der Waals surface area contributed by atoms with E-state index < -0.39 is 0 Å². The fourth-order valence-corrected chi connectivity index (χ4v) is 4.05. The minimum Gasteiger partial charge on any atom is -0.334 e. The summed E-state index contributed by atoms with van der Waals surface area (Å²) in [5, 5.41) is 4.86. The largest absolute Gasteiger partial charge is 0.334 e. The van der Waals surface area contributed by atoms with E-state index in [1.807, 2.05) is 61.5 Å². The molecule has 0 spiro atoms. The van der Waals surface area contributed by atoms with Gasteiger partial charge in [-0.15, -0.1) is 0 Å². The Bertz CT molecular complexity index is 1200. The van der Waals surface area contributed by atoms with E-state index in [4.69, 9.17) is 16.6 Å². The van der Waals surface area contributed by atoms with Crippen LogP contribution in [0.1, 0.15) is 34.4 Å². The maximum absolute atomic E-state index is 13.2. The third kappa shape index (κ3) is 3.71. The first-order valence-electron chi connectivity index (χ1n) is 9.96. The van der Waals surface area contributed by atoms with Crippen LogP contribution in [0, 0.1) is 6.92 Å². The lowest BCUT2D eigenvalue weighted by atomic mass is 10.2. The highest BCUT2D eigenvalue weighted by atomic mass is 35.5. The van der Waals surface area contributed by atoms with Gasteiger partial charge in [-0.25, -0.2) is 9.67 Å². The molecule has 0 atom stereocenters. The predicted molar refractivity (Wildman–Crippen MR) is 119 cm³/mol. The lowest BCUT2D eigenvalue weighted by Crippen LogP contribution is -2.28. The first-order chi connectivity index (χ1) is 14.5. The van der Waals surface area contributed by atoms with E-state index >= 15 is 0 Å². The fraction of sp³-hybridized carbons (Fsp3) is 0.261. The van der Waals surface area contributed by atoms with Gasteiger partial charge in [0.25, 0.3) is 5.91 Å². The number of fused-ring (bicyclic) bond motifs is 1. The van der Waals surface area contributed by atoms with Gasteiger partial charge in [0.05, 0.1) is 35.4 Å². The number of carbonyl (C=O) groups is 1. The summed E-state index contributed by atoms with van der Waals surface area (Å²) in [6.07, 6.45) is 0. The van der Waals surface area contributed by atoms with Gasteiger partial charge in [-0.1, -0.05) is 54.1 Å². The SMILES string of the molecule is CCn1c(CN(C)C(=O)c2c(C)nn(Cc3ccccc3)c2Cl)nc2ccccc21. The molecule has 0 saturated heterocycles. The first kappa shape index (κ1) is 20.2. The van der Waals surface area contributed by atoms with Crippen LogP contribution in [-0.4, -0.2) is 37.2 Å². The Morgan fingerprint density at radius 2 is 1.80 bits per heavy atom. The molecule has 2 heterocycles. The van der Waals surface area contributed by atoms with Crippen LogP contribution in [-0.2, 0) is 19.6 Å². The number of aryl methyl sites for hydroxylation is 2. The summed E-state index contributed by atoms with van der Waals surface area (Å²) in [7, 11) is 1.77. The van der Waals surface area contributed by atoms with E-state index in [1.165, 1.54) is 0 Å². The van der Waals surface area contributed by atoms with Crippen molar-refractivity contribution in [3.8, 4) is 0 Å². The van der Waals surface area contributed by atoms with Gasteiger partial charge >= 0.3 is 0 Å². The topological polar surface area (TPSA) is 56.0 Å². The molecule has 0 aliphatic rings. The molecule has 0 unspecified atom stereocenters. The van der Waals surface area contributed by atoms with Crippen molar-refractivity contribution in [1.82, 2.24) is 24.2 Å². The molecule has 0 aliphatic carbocycles. The molecule has 7 heteroatoms. The highest BCUT2D eigenvalue weighted by Gasteiger charge is 2.24. The van der Waals surface area contributed by atoms with Gasteiger partial charge in [-0.3, -0.25) is 4.79 Å². The molecule has 0 bridgehead atoms. The number of halogens is 1. The summed E-state index contributed by atoms with van der Waals surface area (Å²) < 4.78 is 3.81. The number of rotatable bonds is 6. The zero-order valence-electron chi connectivity index (χ0n) is 17.3. The minimum absolute atomic E-state index is 0.161. The summed E-state index contributed by atoms with van der Waals surface area (Å²) in [6, 6.07) is 17.9. The van der Waals surface area contributed by atoms with Gasteiger partial charge in [0.15, 0.2) is 0 Å². The number of aromatic nitrogens is 4. The summed E-state index contributed by atoms with van der Waals surface area (Å²) >= 11 is 6.58. The average molecular weight is 422 g/mol. The van der Waals surface area contributed by atoms with Gasteiger partial charge in [0.2, 0.25) is 0 Å². The number of imidazole rings is 1. The number of hydrogen-bond acceptors (Lipinski definition) is 3. The molecule has 4 aromatic rings. The van der Waals surface area contributed by atoms with Gasteiger partial charge in [0.1, 0.15) is 11.0 Å². The second kappa shape index (κ2) is 8.32. The van der Waals surface area contributed by atoms with E-state index in [0.717, 1.165) is 29.0 Å². The molecule has 2 aromatic carbocycles. The summed E-state index contributed by atoms with van der Waals surface area (Å²) in [5.41, 5.74) is 4.14. The van der Waals surface area contributed by atoms with Crippen LogP contribution in [0.2, 0.25) is 5.15 Å². The molecule has 154 valence electrons. The second-order valence-corrected chi connectivity index (χ2v) is 7.67. The molecule has 0 fully saturated rings. The molecule has 0 radical (unpaired) electrons. The Morgan fingerprint density at radius 3 is 2.53 bits per heavy atom. The van der Waals surface area contributed by atoms with E-state index in [1.54, 1.807) is 16.6 Å². The number of hydrogen-bond donors (Lipinski definition) is 0. The molecule has 0 aliphatic heterocycles. The lowest BCUT2D eigenvalue weighted by molar-refractivity contribution is 0.0779. The normalized spacial score (nSPS) is 11.2. The Kier molecular flexibility index (Phi) is 5.59. The van der Waals surface area contributed by atoms with E-state index in [-0.39, 0.29) is 5.91 Å². The molecule has 30 heavy (non-hydrogen) atoms.